The summed E-state index contributed by atoms with van der Waals surface area (Å²) in [5.41, 5.74) is 15.6. The number of hydrogen-bond acceptors (Lipinski definition) is 2. The molecule has 0 bridgehead atoms. The van der Waals surface area contributed by atoms with Crippen molar-refractivity contribution in [2.24, 2.45) is 0 Å². The van der Waals surface area contributed by atoms with E-state index in [1.54, 1.807) is 0 Å². The Morgan fingerprint density at radius 2 is 1.00 bits per heavy atom. The van der Waals surface area contributed by atoms with E-state index in [1.807, 2.05) is 23.5 Å². The molecule has 0 aliphatic carbocycles. The molecule has 0 atom stereocenters. The van der Waals surface area contributed by atoms with Gasteiger partial charge < -0.3 is 0 Å². The lowest BCUT2D eigenvalue weighted by molar-refractivity contribution is 0.669. The number of unbranched alkanes of at least 4 members (excludes halogenated alkanes) is 1. The zero-order valence-corrected chi connectivity index (χ0v) is 30.1. The van der Waals surface area contributed by atoms with Crippen LogP contribution < -0.4 is 0 Å². The molecule has 2 heteroatoms. The van der Waals surface area contributed by atoms with Crippen LogP contribution in [0, 0.1) is 6.92 Å². The van der Waals surface area contributed by atoms with Crippen LogP contribution >= 0.6 is 23.5 Å². The molecule has 7 aromatic carbocycles. The van der Waals surface area contributed by atoms with Gasteiger partial charge in [0.25, 0.3) is 0 Å². The first-order valence-corrected chi connectivity index (χ1v) is 19.4. The molecule has 242 valence electrons. The first-order valence-electron chi connectivity index (χ1n) is 17.8. The minimum atomic E-state index is -0.491. The Bertz CT molecular complexity index is 2340. The first-order chi connectivity index (χ1) is 24.7. The number of aryl methyl sites for hydroxylation is 1. The summed E-state index contributed by atoms with van der Waals surface area (Å²) in [4.78, 5) is 5.32. The molecule has 0 saturated carbocycles. The van der Waals surface area contributed by atoms with Crippen LogP contribution in [0.4, 0.5) is 0 Å². The number of fused-ring (bicyclic) bond motifs is 8. The molecule has 1 spiro atoms. The van der Waals surface area contributed by atoms with Crippen LogP contribution in [0.3, 0.4) is 0 Å². The van der Waals surface area contributed by atoms with Gasteiger partial charge in [-0.2, -0.15) is 0 Å². The Hall–Kier alpha value is -4.76. The number of benzene rings is 7. The lowest BCUT2D eigenvalue weighted by atomic mass is 9.62. The summed E-state index contributed by atoms with van der Waals surface area (Å²) >= 11 is 3.85. The third kappa shape index (κ3) is 4.84. The van der Waals surface area contributed by atoms with Gasteiger partial charge in [0.2, 0.25) is 0 Å². The Labute approximate surface area is 304 Å². The Morgan fingerprint density at radius 3 is 1.76 bits per heavy atom. The summed E-state index contributed by atoms with van der Waals surface area (Å²) < 4.78 is 0. The lowest BCUT2D eigenvalue weighted by Gasteiger charge is -2.47. The van der Waals surface area contributed by atoms with E-state index in [4.69, 9.17) is 0 Å². The molecule has 2 aliphatic heterocycles. The van der Waals surface area contributed by atoms with Crippen LogP contribution in [-0.2, 0) is 11.8 Å². The zero-order chi connectivity index (χ0) is 33.7. The first kappa shape index (κ1) is 31.2. The van der Waals surface area contributed by atoms with Crippen molar-refractivity contribution in [3.05, 3.63) is 191 Å². The molecule has 0 N–H and O–H groups in total. The zero-order valence-electron chi connectivity index (χ0n) is 28.4. The van der Waals surface area contributed by atoms with Crippen LogP contribution in [0.5, 0.6) is 0 Å². The van der Waals surface area contributed by atoms with Crippen molar-refractivity contribution in [1.29, 1.82) is 0 Å². The molecule has 0 nitrogen and oxygen atoms in total. The average Bonchev–Trinajstić information content (AvgIpc) is 3.17. The van der Waals surface area contributed by atoms with Gasteiger partial charge >= 0.3 is 0 Å². The highest BCUT2D eigenvalue weighted by molar-refractivity contribution is 8.00. The van der Waals surface area contributed by atoms with E-state index in [9.17, 15) is 0 Å². The molecule has 9 rings (SSSR count). The predicted octanol–water partition coefficient (Wildman–Crippen LogP) is 13.7. The molecule has 0 amide bonds. The van der Waals surface area contributed by atoms with Crippen molar-refractivity contribution < 1.29 is 0 Å². The molecule has 0 saturated heterocycles. The topological polar surface area (TPSA) is 0 Å². The molecule has 0 fully saturated rings. The number of hydrogen-bond donors (Lipinski definition) is 0. The lowest BCUT2D eigenvalue weighted by Crippen LogP contribution is -2.37. The van der Waals surface area contributed by atoms with Gasteiger partial charge in [-0.3, -0.25) is 0 Å². The second-order valence-corrected chi connectivity index (χ2v) is 15.5. The Kier molecular flexibility index (Phi) is 8.03. The van der Waals surface area contributed by atoms with E-state index >= 15 is 0 Å². The van der Waals surface area contributed by atoms with Gasteiger partial charge in [0.05, 0.1) is 5.41 Å². The van der Waals surface area contributed by atoms with E-state index in [1.165, 1.54) is 99.2 Å². The SMILES string of the molecule is CCCCc1ccccc1-c1cccc(-c2cccc3c2Sc2cccc(-c4ccccc4)c2C32c3ccccc3Sc3ccccc32)c1C. The highest BCUT2D eigenvalue weighted by atomic mass is 32.2. The highest BCUT2D eigenvalue weighted by Gasteiger charge is 2.50. The summed E-state index contributed by atoms with van der Waals surface area (Å²) in [5.74, 6) is 0. The smallest absolute Gasteiger partial charge is 0.0751 e. The van der Waals surface area contributed by atoms with Crippen molar-refractivity contribution in [3.8, 4) is 33.4 Å². The molecule has 2 aliphatic rings. The normalized spacial score (nSPS) is 13.6. The maximum absolute atomic E-state index is 2.42. The second kappa shape index (κ2) is 12.8. The van der Waals surface area contributed by atoms with Crippen LogP contribution in [0.2, 0.25) is 0 Å². The second-order valence-electron chi connectivity index (χ2n) is 13.4. The fourth-order valence-corrected chi connectivity index (χ4v) is 10.9. The minimum absolute atomic E-state index is 0.491. The van der Waals surface area contributed by atoms with Gasteiger partial charge in [0, 0.05) is 19.6 Å². The van der Waals surface area contributed by atoms with E-state index in [0.29, 0.717) is 0 Å². The van der Waals surface area contributed by atoms with E-state index in [2.05, 4.69) is 172 Å². The summed E-state index contributed by atoms with van der Waals surface area (Å²) in [6, 6.07) is 59.2. The summed E-state index contributed by atoms with van der Waals surface area (Å²) in [5, 5.41) is 0. The van der Waals surface area contributed by atoms with Crippen molar-refractivity contribution in [2.45, 2.75) is 58.1 Å². The van der Waals surface area contributed by atoms with Gasteiger partial charge in [-0.25, -0.2) is 0 Å². The van der Waals surface area contributed by atoms with Crippen LogP contribution in [0.15, 0.2) is 177 Å². The quantitative estimate of drug-likeness (QED) is 0.172. The maximum Gasteiger partial charge on any atom is 0.0751 e. The molecule has 2 heterocycles. The molecule has 50 heavy (non-hydrogen) atoms. The fourth-order valence-electron chi connectivity index (χ4n) is 8.40. The Balaban J connectivity index is 1.35. The third-order valence-corrected chi connectivity index (χ3v) is 13.0. The van der Waals surface area contributed by atoms with E-state index < -0.39 is 5.41 Å². The summed E-state index contributed by atoms with van der Waals surface area (Å²) in [6.07, 6.45) is 3.50. The molecule has 7 aromatic rings. The van der Waals surface area contributed by atoms with Crippen molar-refractivity contribution in [3.63, 3.8) is 0 Å². The van der Waals surface area contributed by atoms with Crippen molar-refractivity contribution in [1.82, 2.24) is 0 Å². The predicted molar refractivity (Wildman–Crippen MR) is 213 cm³/mol. The molecular weight excluding hydrogens is 641 g/mol. The largest absolute Gasteiger partial charge is 0.0894 e. The van der Waals surface area contributed by atoms with Crippen LogP contribution in [0.25, 0.3) is 33.4 Å². The van der Waals surface area contributed by atoms with Gasteiger partial charge in [-0.1, -0.05) is 176 Å². The fraction of sp³-hybridized carbons (Fsp3) is 0.125. The van der Waals surface area contributed by atoms with Crippen LogP contribution in [0.1, 0.15) is 53.1 Å². The minimum Gasteiger partial charge on any atom is -0.0894 e. The van der Waals surface area contributed by atoms with Crippen molar-refractivity contribution >= 4 is 23.5 Å². The number of rotatable bonds is 6. The van der Waals surface area contributed by atoms with Gasteiger partial charge in [-0.05, 0) is 105 Å². The molecule has 0 radical (unpaired) electrons. The average molecular weight is 679 g/mol. The monoisotopic (exact) mass is 678 g/mol. The highest BCUT2D eigenvalue weighted by Crippen LogP contribution is 2.64. The van der Waals surface area contributed by atoms with Crippen molar-refractivity contribution in [2.75, 3.05) is 0 Å². The van der Waals surface area contributed by atoms with Gasteiger partial charge in [0.15, 0.2) is 0 Å². The van der Waals surface area contributed by atoms with E-state index in [-0.39, 0.29) is 0 Å². The summed E-state index contributed by atoms with van der Waals surface area (Å²) in [6.45, 7) is 4.60. The molecule has 0 unspecified atom stereocenters. The standard InChI is InChI=1S/C48H38S2/c1-3-4-17-33-20-8-9-21-37(33)35-22-14-23-36(32(35)2)39-25-15-28-42-47(39)50-45-31-16-24-38(34-18-6-5-7-19-34)46(45)48(42)40-26-10-12-29-43(40)49-44-30-13-11-27-41(44)48/h5-16,18-31H,3-4,17H2,1-2H3. The molecule has 0 aromatic heterocycles. The summed E-state index contributed by atoms with van der Waals surface area (Å²) in [7, 11) is 0. The van der Waals surface area contributed by atoms with E-state index in [0.717, 1.165) is 6.42 Å². The molecular formula is C48H38S2. The van der Waals surface area contributed by atoms with Gasteiger partial charge in [0.1, 0.15) is 0 Å². The Morgan fingerprint density at radius 1 is 0.460 bits per heavy atom. The van der Waals surface area contributed by atoms with Gasteiger partial charge in [-0.15, -0.1) is 0 Å². The third-order valence-electron chi connectivity index (χ3n) is 10.7. The maximum atomic E-state index is 2.42. The van der Waals surface area contributed by atoms with Crippen LogP contribution in [-0.4, -0.2) is 0 Å².